The molecule has 21 heavy (non-hydrogen) atoms. The van der Waals surface area contributed by atoms with Crippen molar-refractivity contribution in [2.75, 3.05) is 11.9 Å². The Morgan fingerprint density at radius 2 is 2.29 bits per heavy atom. The van der Waals surface area contributed by atoms with Crippen LogP contribution in [0.25, 0.3) is 0 Å². The maximum atomic E-state index is 13.3. The molecule has 0 aliphatic rings. The van der Waals surface area contributed by atoms with E-state index in [2.05, 4.69) is 22.3 Å². The number of aryl methyl sites for hydroxylation is 1. The van der Waals surface area contributed by atoms with Gasteiger partial charge in [0.05, 0.1) is 29.6 Å². The standard InChI is InChI=1S/C15H15FN4O/c1-10-13(9-18-20(10)2)15(21)19-14-6-5-12(16)8-11(14)4-3-7-17/h5-6,8-9H,7,17H2,1-2H3,(H,19,21). The third-order valence-electron chi connectivity index (χ3n) is 3.03. The summed E-state index contributed by atoms with van der Waals surface area (Å²) in [6, 6.07) is 3.99. The van der Waals surface area contributed by atoms with E-state index >= 15 is 0 Å². The minimum absolute atomic E-state index is 0.158. The number of hydrogen-bond acceptors (Lipinski definition) is 3. The first-order valence-corrected chi connectivity index (χ1v) is 6.31. The molecule has 0 saturated heterocycles. The van der Waals surface area contributed by atoms with E-state index < -0.39 is 5.82 Å². The second-order valence-corrected chi connectivity index (χ2v) is 4.42. The highest BCUT2D eigenvalue weighted by atomic mass is 19.1. The molecule has 0 aliphatic heterocycles. The smallest absolute Gasteiger partial charge is 0.259 e. The second-order valence-electron chi connectivity index (χ2n) is 4.42. The first-order valence-electron chi connectivity index (χ1n) is 6.31. The SMILES string of the molecule is Cc1c(C(=O)Nc2ccc(F)cc2C#CCN)cnn1C. The van der Waals surface area contributed by atoms with Crippen LogP contribution in [0.5, 0.6) is 0 Å². The summed E-state index contributed by atoms with van der Waals surface area (Å²) in [5.74, 6) is 4.64. The topological polar surface area (TPSA) is 72.9 Å². The van der Waals surface area contributed by atoms with Crippen molar-refractivity contribution in [1.82, 2.24) is 9.78 Å². The monoisotopic (exact) mass is 286 g/mol. The van der Waals surface area contributed by atoms with E-state index in [9.17, 15) is 9.18 Å². The first-order chi connectivity index (χ1) is 10.0. The molecule has 1 aromatic carbocycles. The van der Waals surface area contributed by atoms with Gasteiger partial charge in [0.1, 0.15) is 5.82 Å². The number of halogens is 1. The molecule has 5 nitrogen and oxygen atoms in total. The summed E-state index contributed by atoms with van der Waals surface area (Å²) >= 11 is 0. The van der Waals surface area contributed by atoms with Gasteiger partial charge in [-0.25, -0.2) is 4.39 Å². The number of benzene rings is 1. The van der Waals surface area contributed by atoms with Crippen molar-refractivity contribution in [1.29, 1.82) is 0 Å². The van der Waals surface area contributed by atoms with Gasteiger partial charge in [0.25, 0.3) is 5.91 Å². The molecule has 3 N–H and O–H groups in total. The van der Waals surface area contributed by atoms with Gasteiger partial charge in [-0.1, -0.05) is 11.8 Å². The lowest BCUT2D eigenvalue weighted by Crippen LogP contribution is -2.14. The summed E-state index contributed by atoms with van der Waals surface area (Å²) in [5, 5.41) is 6.73. The van der Waals surface area contributed by atoms with Crippen LogP contribution in [-0.2, 0) is 7.05 Å². The summed E-state index contributed by atoms with van der Waals surface area (Å²) in [7, 11) is 1.75. The Kier molecular flexibility index (Phi) is 4.36. The molecule has 0 atom stereocenters. The summed E-state index contributed by atoms with van der Waals surface area (Å²) in [5.41, 5.74) is 7.33. The van der Waals surface area contributed by atoms with Gasteiger partial charge in [-0.3, -0.25) is 9.48 Å². The van der Waals surface area contributed by atoms with Crippen LogP contribution < -0.4 is 11.1 Å². The fourth-order valence-electron chi connectivity index (χ4n) is 1.79. The number of nitrogens with one attached hydrogen (secondary N) is 1. The molecule has 0 aliphatic carbocycles. The van der Waals surface area contributed by atoms with Crippen LogP contribution in [0.15, 0.2) is 24.4 Å². The zero-order valence-corrected chi connectivity index (χ0v) is 11.8. The third-order valence-corrected chi connectivity index (χ3v) is 3.03. The van der Waals surface area contributed by atoms with Gasteiger partial charge in [0.15, 0.2) is 0 Å². The molecular weight excluding hydrogens is 271 g/mol. The number of aromatic nitrogens is 2. The quantitative estimate of drug-likeness (QED) is 0.820. The highest BCUT2D eigenvalue weighted by Gasteiger charge is 2.14. The molecular formula is C15H15FN4O. The second kappa shape index (κ2) is 6.20. The van der Waals surface area contributed by atoms with Crippen molar-refractivity contribution in [3.05, 3.63) is 47.0 Å². The number of hydrogen-bond donors (Lipinski definition) is 2. The van der Waals surface area contributed by atoms with E-state index in [0.29, 0.717) is 16.8 Å². The molecule has 108 valence electrons. The van der Waals surface area contributed by atoms with Gasteiger partial charge < -0.3 is 11.1 Å². The molecule has 2 rings (SSSR count). The maximum Gasteiger partial charge on any atom is 0.259 e. The number of rotatable bonds is 2. The fraction of sp³-hybridized carbons (Fsp3) is 0.200. The highest BCUT2D eigenvalue weighted by Crippen LogP contribution is 2.18. The molecule has 0 saturated carbocycles. The van der Waals surface area contributed by atoms with E-state index in [1.165, 1.54) is 24.4 Å². The van der Waals surface area contributed by atoms with E-state index in [0.717, 1.165) is 5.69 Å². The predicted molar refractivity (Wildman–Crippen MR) is 78.2 cm³/mol. The van der Waals surface area contributed by atoms with Crippen molar-refractivity contribution in [3.63, 3.8) is 0 Å². The molecule has 0 radical (unpaired) electrons. The first kappa shape index (κ1) is 14.8. The molecule has 0 spiro atoms. The Morgan fingerprint density at radius 3 is 2.90 bits per heavy atom. The van der Waals surface area contributed by atoms with Crippen molar-refractivity contribution < 1.29 is 9.18 Å². The minimum atomic E-state index is -0.424. The van der Waals surface area contributed by atoms with Crippen molar-refractivity contribution in [3.8, 4) is 11.8 Å². The van der Waals surface area contributed by atoms with Crippen LogP contribution >= 0.6 is 0 Å². The molecule has 6 heteroatoms. The summed E-state index contributed by atoms with van der Waals surface area (Å²) < 4.78 is 14.9. The Bertz CT molecular complexity index is 740. The van der Waals surface area contributed by atoms with Gasteiger partial charge in [-0.05, 0) is 25.1 Å². The maximum absolute atomic E-state index is 13.3. The van der Waals surface area contributed by atoms with E-state index in [1.807, 2.05) is 0 Å². The van der Waals surface area contributed by atoms with Crippen molar-refractivity contribution >= 4 is 11.6 Å². The third kappa shape index (κ3) is 3.27. The number of nitrogens with two attached hydrogens (primary N) is 1. The highest BCUT2D eigenvalue weighted by molar-refractivity contribution is 6.05. The predicted octanol–water partition coefficient (Wildman–Crippen LogP) is 1.43. The zero-order chi connectivity index (χ0) is 15.4. The number of carbonyl (C=O) groups excluding carboxylic acids is 1. The number of carbonyl (C=O) groups is 1. The van der Waals surface area contributed by atoms with Crippen LogP contribution in [0, 0.1) is 24.6 Å². The lowest BCUT2D eigenvalue weighted by atomic mass is 10.1. The molecule has 0 fully saturated rings. The average molecular weight is 286 g/mol. The van der Waals surface area contributed by atoms with E-state index in [1.54, 1.807) is 18.7 Å². The van der Waals surface area contributed by atoms with E-state index in [4.69, 9.17) is 5.73 Å². The van der Waals surface area contributed by atoms with Gasteiger partial charge in [0, 0.05) is 12.7 Å². The van der Waals surface area contributed by atoms with Gasteiger partial charge in [0.2, 0.25) is 0 Å². The molecule has 1 amide bonds. The normalized spacial score (nSPS) is 9.90. The summed E-state index contributed by atoms with van der Waals surface area (Å²) in [6.07, 6.45) is 1.49. The van der Waals surface area contributed by atoms with Gasteiger partial charge in [-0.2, -0.15) is 5.10 Å². The Morgan fingerprint density at radius 1 is 1.52 bits per heavy atom. The molecule has 0 bridgehead atoms. The molecule has 1 heterocycles. The van der Waals surface area contributed by atoms with Gasteiger partial charge >= 0.3 is 0 Å². The molecule has 0 unspecified atom stereocenters. The van der Waals surface area contributed by atoms with Crippen LogP contribution in [0.3, 0.4) is 0 Å². The van der Waals surface area contributed by atoms with E-state index in [-0.39, 0.29) is 12.5 Å². The number of nitrogens with zero attached hydrogens (tertiary/aromatic N) is 2. The van der Waals surface area contributed by atoms with Crippen LogP contribution in [0.1, 0.15) is 21.6 Å². The van der Waals surface area contributed by atoms with Crippen LogP contribution in [0.4, 0.5) is 10.1 Å². The van der Waals surface area contributed by atoms with Crippen LogP contribution in [-0.4, -0.2) is 22.2 Å². The van der Waals surface area contributed by atoms with Crippen LogP contribution in [0.2, 0.25) is 0 Å². The average Bonchev–Trinajstić information content (AvgIpc) is 2.79. The lowest BCUT2D eigenvalue weighted by Gasteiger charge is -2.07. The Labute approximate surface area is 122 Å². The molecule has 1 aromatic heterocycles. The molecule has 2 aromatic rings. The minimum Gasteiger partial charge on any atom is -0.321 e. The number of amides is 1. The Hall–Kier alpha value is -2.65. The summed E-state index contributed by atoms with van der Waals surface area (Å²) in [6.45, 7) is 1.95. The Balaban J connectivity index is 2.31. The van der Waals surface area contributed by atoms with Gasteiger partial charge in [-0.15, -0.1) is 0 Å². The lowest BCUT2D eigenvalue weighted by molar-refractivity contribution is 0.102. The summed E-state index contributed by atoms with van der Waals surface area (Å²) in [4.78, 5) is 12.2. The fourth-order valence-corrected chi connectivity index (χ4v) is 1.79. The number of anilines is 1. The zero-order valence-electron chi connectivity index (χ0n) is 11.8. The van der Waals surface area contributed by atoms with Crippen molar-refractivity contribution in [2.24, 2.45) is 12.8 Å². The van der Waals surface area contributed by atoms with Crippen molar-refractivity contribution in [2.45, 2.75) is 6.92 Å². The largest absolute Gasteiger partial charge is 0.321 e.